The van der Waals surface area contributed by atoms with Gasteiger partial charge in [-0.15, -0.1) is 0 Å². The third kappa shape index (κ3) is 1.99. The summed E-state index contributed by atoms with van der Waals surface area (Å²) in [7, 11) is 0. The maximum absolute atomic E-state index is 11.1. The normalized spacial score (nSPS) is 10.4. The van der Waals surface area contributed by atoms with Crippen molar-refractivity contribution in [3.63, 3.8) is 0 Å². The molecule has 0 radical (unpaired) electrons. The molecule has 0 saturated carbocycles. The third-order valence-corrected chi connectivity index (χ3v) is 2.64. The summed E-state index contributed by atoms with van der Waals surface area (Å²) >= 11 is 3.32. The molecule has 2 aromatic rings. The molecule has 4 nitrogen and oxygen atoms in total. The SMILES string of the molecule is Cc1cnn(-c2cc(Br)ccc2C(=O)O)c1. The molecule has 1 heterocycles. The molecule has 16 heavy (non-hydrogen) atoms. The highest BCUT2D eigenvalue weighted by atomic mass is 79.9. The molecule has 0 aliphatic rings. The number of carboxylic acid groups (broad SMARTS) is 1. The number of carboxylic acids is 1. The molecule has 0 aliphatic heterocycles. The zero-order chi connectivity index (χ0) is 11.7. The van der Waals surface area contributed by atoms with Gasteiger partial charge in [-0.25, -0.2) is 9.48 Å². The molecule has 1 N–H and O–H groups in total. The number of aromatic carboxylic acids is 1. The first-order valence-electron chi connectivity index (χ1n) is 4.62. The van der Waals surface area contributed by atoms with Gasteiger partial charge in [0.1, 0.15) is 0 Å². The Morgan fingerprint density at radius 2 is 2.25 bits per heavy atom. The van der Waals surface area contributed by atoms with Gasteiger partial charge < -0.3 is 5.11 Å². The van der Waals surface area contributed by atoms with Crippen molar-refractivity contribution in [3.8, 4) is 5.69 Å². The minimum Gasteiger partial charge on any atom is -0.478 e. The second-order valence-electron chi connectivity index (χ2n) is 3.43. The van der Waals surface area contributed by atoms with Gasteiger partial charge in [-0.1, -0.05) is 15.9 Å². The van der Waals surface area contributed by atoms with Gasteiger partial charge in [-0.3, -0.25) is 0 Å². The third-order valence-electron chi connectivity index (χ3n) is 2.15. The lowest BCUT2D eigenvalue weighted by Crippen LogP contribution is -2.05. The number of nitrogens with zero attached hydrogens (tertiary/aromatic N) is 2. The summed E-state index contributed by atoms with van der Waals surface area (Å²) in [5.74, 6) is -0.962. The molecular weight excluding hydrogens is 272 g/mol. The van der Waals surface area contributed by atoms with E-state index in [-0.39, 0.29) is 5.56 Å². The molecule has 1 aromatic carbocycles. The molecule has 0 amide bonds. The predicted molar refractivity (Wildman–Crippen MR) is 63.0 cm³/mol. The van der Waals surface area contributed by atoms with Crippen LogP contribution in [0.25, 0.3) is 5.69 Å². The molecule has 0 atom stereocenters. The van der Waals surface area contributed by atoms with Crippen LogP contribution in [-0.2, 0) is 0 Å². The molecule has 0 spiro atoms. The summed E-state index contributed by atoms with van der Waals surface area (Å²) in [5, 5.41) is 13.2. The van der Waals surface area contributed by atoms with Gasteiger partial charge in [0.25, 0.3) is 0 Å². The van der Waals surface area contributed by atoms with Gasteiger partial charge in [0.15, 0.2) is 0 Å². The summed E-state index contributed by atoms with van der Waals surface area (Å²) in [6.45, 7) is 1.90. The van der Waals surface area contributed by atoms with Crippen molar-refractivity contribution in [3.05, 3.63) is 46.2 Å². The van der Waals surface area contributed by atoms with Crippen molar-refractivity contribution in [2.24, 2.45) is 0 Å². The Morgan fingerprint density at radius 3 is 2.81 bits per heavy atom. The number of rotatable bonds is 2. The van der Waals surface area contributed by atoms with Crippen molar-refractivity contribution < 1.29 is 9.90 Å². The Hall–Kier alpha value is -1.62. The van der Waals surface area contributed by atoms with Crippen molar-refractivity contribution in [2.75, 3.05) is 0 Å². The first kappa shape index (κ1) is 10.9. The van der Waals surface area contributed by atoms with E-state index < -0.39 is 5.97 Å². The number of aryl methyl sites for hydroxylation is 1. The molecule has 0 unspecified atom stereocenters. The quantitative estimate of drug-likeness (QED) is 0.920. The fourth-order valence-corrected chi connectivity index (χ4v) is 1.77. The van der Waals surface area contributed by atoms with Crippen LogP contribution >= 0.6 is 15.9 Å². The van der Waals surface area contributed by atoms with E-state index in [1.807, 2.05) is 6.92 Å². The second kappa shape index (κ2) is 4.09. The first-order valence-corrected chi connectivity index (χ1v) is 5.42. The average molecular weight is 281 g/mol. The van der Waals surface area contributed by atoms with Gasteiger partial charge in [0.05, 0.1) is 17.4 Å². The Bertz CT molecular complexity index is 549. The lowest BCUT2D eigenvalue weighted by molar-refractivity contribution is 0.0696. The smallest absolute Gasteiger partial charge is 0.337 e. The first-order chi connectivity index (χ1) is 7.58. The molecule has 0 aliphatic carbocycles. The van der Waals surface area contributed by atoms with Crippen molar-refractivity contribution in [1.29, 1.82) is 0 Å². The van der Waals surface area contributed by atoms with E-state index >= 15 is 0 Å². The topological polar surface area (TPSA) is 55.1 Å². The standard InChI is InChI=1S/C11H9BrN2O2/c1-7-5-13-14(6-7)10-4-8(12)2-3-9(10)11(15)16/h2-6H,1H3,(H,15,16). The molecule has 1 aromatic heterocycles. The lowest BCUT2D eigenvalue weighted by Gasteiger charge is -2.06. The summed E-state index contributed by atoms with van der Waals surface area (Å²) in [4.78, 5) is 11.1. The van der Waals surface area contributed by atoms with E-state index in [0.29, 0.717) is 5.69 Å². The van der Waals surface area contributed by atoms with E-state index in [1.54, 1.807) is 35.3 Å². The van der Waals surface area contributed by atoms with Gasteiger partial charge in [-0.2, -0.15) is 5.10 Å². The fraction of sp³-hybridized carbons (Fsp3) is 0.0909. The van der Waals surface area contributed by atoms with Gasteiger partial charge >= 0.3 is 5.97 Å². The minimum absolute atomic E-state index is 0.228. The van der Waals surface area contributed by atoms with Gasteiger partial charge in [-0.05, 0) is 30.7 Å². The van der Waals surface area contributed by atoms with Crippen LogP contribution in [0, 0.1) is 6.92 Å². The highest BCUT2D eigenvalue weighted by molar-refractivity contribution is 9.10. The summed E-state index contributed by atoms with van der Waals surface area (Å²) in [6.07, 6.45) is 3.47. The van der Waals surface area contributed by atoms with E-state index in [9.17, 15) is 4.79 Å². The highest BCUT2D eigenvalue weighted by Gasteiger charge is 2.12. The van der Waals surface area contributed by atoms with Crippen LogP contribution in [0.5, 0.6) is 0 Å². The fourth-order valence-electron chi connectivity index (χ4n) is 1.42. The molecule has 2 rings (SSSR count). The Morgan fingerprint density at radius 1 is 1.50 bits per heavy atom. The highest BCUT2D eigenvalue weighted by Crippen LogP contribution is 2.20. The van der Waals surface area contributed by atoms with E-state index in [2.05, 4.69) is 21.0 Å². The molecule has 82 valence electrons. The zero-order valence-corrected chi connectivity index (χ0v) is 10.1. The van der Waals surface area contributed by atoms with Gasteiger partial charge in [0.2, 0.25) is 0 Å². The Balaban J connectivity index is 2.62. The number of hydrogen-bond donors (Lipinski definition) is 1. The summed E-state index contributed by atoms with van der Waals surface area (Å²) in [6, 6.07) is 4.98. The Kier molecular flexibility index (Phi) is 2.78. The van der Waals surface area contributed by atoms with Crippen LogP contribution in [0.3, 0.4) is 0 Å². The number of carbonyl (C=O) groups is 1. The van der Waals surface area contributed by atoms with Crippen molar-refractivity contribution in [1.82, 2.24) is 9.78 Å². The number of hydrogen-bond acceptors (Lipinski definition) is 2. The second-order valence-corrected chi connectivity index (χ2v) is 4.34. The lowest BCUT2D eigenvalue weighted by atomic mass is 10.2. The average Bonchev–Trinajstić information content (AvgIpc) is 2.64. The van der Waals surface area contributed by atoms with Crippen LogP contribution in [0.2, 0.25) is 0 Å². The van der Waals surface area contributed by atoms with Crippen LogP contribution in [0.4, 0.5) is 0 Å². The Labute approximate surface area is 101 Å². The zero-order valence-electron chi connectivity index (χ0n) is 8.51. The van der Waals surface area contributed by atoms with Crippen molar-refractivity contribution in [2.45, 2.75) is 6.92 Å². The molecule has 5 heteroatoms. The maximum Gasteiger partial charge on any atom is 0.337 e. The number of halogens is 1. The van der Waals surface area contributed by atoms with Crippen molar-refractivity contribution >= 4 is 21.9 Å². The molecule has 0 bridgehead atoms. The maximum atomic E-state index is 11.1. The van der Waals surface area contributed by atoms with Gasteiger partial charge in [0, 0.05) is 10.7 Å². The predicted octanol–water partition coefficient (Wildman–Crippen LogP) is 2.64. The van der Waals surface area contributed by atoms with Crippen LogP contribution < -0.4 is 0 Å². The monoisotopic (exact) mass is 280 g/mol. The molecular formula is C11H9BrN2O2. The largest absolute Gasteiger partial charge is 0.478 e. The summed E-state index contributed by atoms with van der Waals surface area (Å²) < 4.78 is 2.38. The van der Waals surface area contributed by atoms with Crippen LogP contribution in [0.15, 0.2) is 35.1 Å². The molecule has 0 fully saturated rings. The minimum atomic E-state index is -0.962. The summed E-state index contributed by atoms with van der Waals surface area (Å²) in [5.41, 5.74) is 1.76. The van der Waals surface area contributed by atoms with Crippen LogP contribution in [0.1, 0.15) is 15.9 Å². The van der Waals surface area contributed by atoms with Crippen LogP contribution in [-0.4, -0.2) is 20.9 Å². The van der Waals surface area contributed by atoms with E-state index in [0.717, 1.165) is 10.0 Å². The van der Waals surface area contributed by atoms with E-state index in [1.165, 1.54) is 0 Å². The van der Waals surface area contributed by atoms with E-state index in [4.69, 9.17) is 5.11 Å². The number of benzene rings is 1. The number of aromatic nitrogens is 2. The molecule has 0 saturated heterocycles.